The molecule has 1 heterocycles. The number of nitrogens with zero attached hydrogens (tertiary/aromatic N) is 1. The van der Waals surface area contributed by atoms with Gasteiger partial charge in [0, 0.05) is 10.7 Å². The normalized spacial score (nSPS) is 11.5. The van der Waals surface area contributed by atoms with Crippen LogP contribution in [0.2, 0.25) is 10.0 Å². The van der Waals surface area contributed by atoms with Gasteiger partial charge in [0.1, 0.15) is 4.90 Å². The highest BCUT2D eigenvalue weighted by Crippen LogP contribution is 2.29. The highest BCUT2D eigenvalue weighted by molar-refractivity contribution is 7.92. The minimum Gasteiger partial charge on any atom is -0.278 e. The van der Waals surface area contributed by atoms with Crippen molar-refractivity contribution in [2.24, 2.45) is 0 Å². The second kappa shape index (κ2) is 5.83. The van der Waals surface area contributed by atoms with Gasteiger partial charge in [0.2, 0.25) is 0 Å². The fourth-order valence-electron chi connectivity index (χ4n) is 1.83. The van der Waals surface area contributed by atoms with E-state index in [4.69, 9.17) is 23.2 Å². The number of sulfonamides is 1. The SMILES string of the molecule is Cc1ccc(NS(=O)(=O)c2cc(C)c(Cl)cc2Cl)c(C)n1. The molecule has 0 aliphatic rings. The number of benzene rings is 1. The second-order valence-electron chi connectivity index (χ2n) is 4.72. The van der Waals surface area contributed by atoms with Crippen molar-refractivity contribution in [3.05, 3.63) is 51.3 Å². The number of aromatic nitrogens is 1. The van der Waals surface area contributed by atoms with Crippen molar-refractivity contribution in [1.82, 2.24) is 4.98 Å². The molecule has 21 heavy (non-hydrogen) atoms. The van der Waals surface area contributed by atoms with E-state index in [0.717, 1.165) is 5.69 Å². The summed E-state index contributed by atoms with van der Waals surface area (Å²) in [5.41, 5.74) is 2.47. The van der Waals surface area contributed by atoms with E-state index in [-0.39, 0.29) is 9.92 Å². The Balaban J connectivity index is 2.46. The number of rotatable bonds is 3. The van der Waals surface area contributed by atoms with Crippen molar-refractivity contribution >= 4 is 38.9 Å². The average Bonchev–Trinajstić information content (AvgIpc) is 2.37. The number of aryl methyl sites for hydroxylation is 3. The van der Waals surface area contributed by atoms with E-state index in [2.05, 4.69) is 9.71 Å². The molecule has 4 nitrogen and oxygen atoms in total. The van der Waals surface area contributed by atoms with E-state index in [9.17, 15) is 8.42 Å². The summed E-state index contributed by atoms with van der Waals surface area (Å²) in [7, 11) is -3.80. The third-order valence-electron chi connectivity index (χ3n) is 2.97. The van der Waals surface area contributed by atoms with Crippen LogP contribution in [0.25, 0.3) is 0 Å². The van der Waals surface area contributed by atoms with Gasteiger partial charge in [0.25, 0.3) is 10.0 Å². The lowest BCUT2D eigenvalue weighted by Gasteiger charge is -2.12. The first-order chi connectivity index (χ1) is 9.70. The van der Waals surface area contributed by atoms with Crippen LogP contribution < -0.4 is 4.72 Å². The molecule has 0 unspecified atom stereocenters. The Morgan fingerprint density at radius 1 is 1.05 bits per heavy atom. The smallest absolute Gasteiger partial charge is 0.263 e. The number of anilines is 1. The molecule has 0 radical (unpaired) electrons. The third kappa shape index (κ3) is 3.48. The molecule has 0 bridgehead atoms. The number of halogens is 2. The van der Waals surface area contributed by atoms with Crippen LogP contribution in [-0.2, 0) is 10.0 Å². The highest BCUT2D eigenvalue weighted by atomic mass is 35.5. The Morgan fingerprint density at radius 3 is 2.33 bits per heavy atom. The van der Waals surface area contributed by atoms with Crippen LogP contribution in [0.1, 0.15) is 17.0 Å². The summed E-state index contributed by atoms with van der Waals surface area (Å²) < 4.78 is 27.4. The molecule has 0 atom stereocenters. The lowest BCUT2D eigenvalue weighted by atomic mass is 10.2. The fraction of sp³-hybridized carbons (Fsp3) is 0.214. The molecule has 1 aromatic carbocycles. The summed E-state index contributed by atoms with van der Waals surface area (Å²) in [5.74, 6) is 0. The average molecular weight is 345 g/mol. The summed E-state index contributed by atoms with van der Waals surface area (Å²) in [6, 6.07) is 6.28. The van der Waals surface area contributed by atoms with Gasteiger partial charge in [-0.2, -0.15) is 0 Å². The summed E-state index contributed by atoms with van der Waals surface area (Å²) in [5, 5.41) is 0.503. The maximum Gasteiger partial charge on any atom is 0.263 e. The number of hydrogen-bond donors (Lipinski definition) is 1. The van der Waals surface area contributed by atoms with E-state index in [1.165, 1.54) is 12.1 Å². The van der Waals surface area contributed by atoms with Crippen LogP contribution in [-0.4, -0.2) is 13.4 Å². The lowest BCUT2D eigenvalue weighted by molar-refractivity contribution is 0.601. The zero-order chi connectivity index (χ0) is 15.8. The molecule has 2 aromatic rings. The van der Waals surface area contributed by atoms with E-state index < -0.39 is 10.0 Å². The second-order valence-corrected chi connectivity index (χ2v) is 7.19. The molecular formula is C14H14Cl2N2O2S. The van der Waals surface area contributed by atoms with Gasteiger partial charge in [0.05, 0.1) is 16.4 Å². The van der Waals surface area contributed by atoms with Crippen LogP contribution in [0.3, 0.4) is 0 Å². The maximum absolute atomic E-state index is 12.5. The fourth-order valence-corrected chi connectivity index (χ4v) is 3.78. The highest BCUT2D eigenvalue weighted by Gasteiger charge is 2.20. The Bertz CT molecular complexity index is 805. The van der Waals surface area contributed by atoms with Gasteiger partial charge in [-0.15, -0.1) is 0 Å². The van der Waals surface area contributed by atoms with Crippen LogP contribution in [0.15, 0.2) is 29.2 Å². The minimum absolute atomic E-state index is 0.00829. The van der Waals surface area contributed by atoms with E-state index in [0.29, 0.717) is 22.0 Å². The van der Waals surface area contributed by atoms with Gasteiger partial charge in [-0.25, -0.2) is 8.42 Å². The number of hydrogen-bond acceptors (Lipinski definition) is 3. The maximum atomic E-state index is 12.5. The summed E-state index contributed by atoms with van der Waals surface area (Å²) in [4.78, 5) is 4.22. The summed E-state index contributed by atoms with van der Waals surface area (Å²) in [6.45, 7) is 5.29. The number of pyridine rings is 1. The zero-order valence-electron chi connectivity index (χ0n) is 11.7. The van der Waals surface area contributed by atoms with Crippen molar-refractivity contribution in [1.29, 1.82) is 0 Å². The summed E-state index contributed by atoms with van der Waals surface area (Å²) in [6.07, 6.45) is 0. The Hall–Kier alpha value is -1.30. The quantitative estimate of drug-likeness (QED) is 0.911. The van der Waals surface area contributed by atoms with Gasteiger partial charge in [0.15, 0.2) is 0 Å². The molecular weight excluding hydrogens is 331 g/mol. The monoisotopic (exact) mass is 344 g/mol. The molecule has 0 saturated carbocycles. The van der Waals surface area contributed by atoms with Crippen LogP contribution in [0.4, 0.5) is 5.69 Å². The molecule has 0 aliphatic heterocycles. The molecule has 1 N–H and O–H groups in total. The van der Waals surface area contributed by atoms with Crippen LogP contribution >= 0.6 is 23.2 Å². The first-order valence-corrected chi connectivity index (χ1v) is 8.37. The lowest BCUT2D eigenvalue weighted by Crippen LogP contribution is -2.15. The molecule has 0 aliphatic carbocycles. The predicted molar refractivity (Wildman–Crippen MR) is 85.7 cm³/mol. The Labute approximate surface area is 134 Å². The van der Waals surface area contributed by atoms with E-state index in [1.807, 2.05) is 6.92 Å². The molecule has 0 saturated heterocycles. The molecule has 0 fully saturated rings. The molecule has 0 amide bonds. The first-order valence-electron chi connectivity index (χ1n) is 6.13. The van der Waals surface area contributed by atoms with Crippen LogP contribution in [0, 0.1) is 20.8 Å². The van der Waals surface area contributed by atoms with Crippen molar-refractivity contribution in [3.63, 3.8) is 0 Å². The molecule has 2 rings (SSSR count). The largest absolute Gasteiger partial charge is 0.278 e. The van der Waals surface area contributed by atoms with E-state index >= 15 is 0 Å². The molecule has 0 spiro atoms. The summed E-state index contributed by atoms with van der Waals surface area (Å²) >= 11 is 11.9. The van der Waals surface area contributed by atoms with Crippen molar-refractivity contribution in [2.75, 3.05) is 4.72 Å². The molecule has 1 aromatic heterocycles. The van der Waals surface area contributed by atoms with Crippen LogP contribution in [0.5, 0.6) is 0 Å². The molecule has 112 valence electrons. The van der Waals surface area contributed by atoms with E-state index in [1.54, 1.807) is 26.0 Å². The Morgan fingerprint density at radius 2 is 1.71 bits per heavy atom. The Kier molecular flexibility index (Phi) is 4.46. The standard InChI is InChI=1S/C14H14Cl2N2O2S/c1-8-6-14(12(16)7-11(8)15)21(19,20)18-13-5-4-9(2)17-10(13)3/h4-7,18H,1-3H3. The minimum atomic E-state index is -3.80. The van der Waals surface area contributed by atoms with Crippen molar-refractivity contribution in [3.8, 4) is 0 Å². The number of nitrogens with one attached hydrogen (secondary N) is 1. The zero-order valence-corrected chi connectivity index (χ0v) is 14.1. The van der Waals surface area contributed by atoms with Gasteiger partial charge in [-0.3, -0.25) is 9.71 Å². The van der Waals surface area contributed by atoms with Gasteiger partial charge in [-0.05, 0) is 50.6 Å². The van der Waals surface area contributed by atoms with Gasteiger partial charge in [-0.1, -0.05) is 23.2 Å². The molecule has 7 heteroatoms. The van der Waals surface area contributed by atoms with Crippen molar-refractivity contribution in [2.45, 2.75) is 25.7 Å². The topological polar surface area (TPSA) is 59.1 Å². The van der Waals surface area contributed by atoms with Crippen molar-refractivity contribution < 1.29 is 8.42 Å². The predicted octanol–water partition coefficient (Wildman–Crippen LogP) is 4.11. The first kappa shape index (κ1) is 16.1. The van der Waals surface area contributed by atoms with Gasteiger partial charge >= 0.3 is 0 Å². The van der Waals surface area contributed by atoms with Gasteiger partial charge < -0.3 is 0 Å². The third-order valence-corrected chi connectivity index (χ3v) is 5.21.